The largest absolute Gasteiger partial charge is 0.360 e. The molecule has 4 nitrogen and oxygen atoms in total. The highest BCUT2D eigenvalue weighted by Gasteiger charge is 2.10. The molecule has 2 N–H and O–H groups in total. The molecule has 0 aliphatic heterocycles. The van der Waals surface area contributed by atoms with Crippen LogP contribution in [0.5, 0.6) is 0 Å². The van der Waals surface area contributed by atoms with Crippen LogP contribution in [0.25, 0.3) is 10.9 Å². The van der Waals surface area contributed by atoms with Crippen LogP contribution in [0.2, 0.25) is 5.02 Å². The molecule has 3 rings (SSSR count). The highest BCUT2D eigenvalue weighted by atomic mass is 35.5. The van der Waals surface area contributed by atoms with Crippen LogP contribution in [0.1, 0.15) is 15.9 Å². The zero-order valence-electron chi connectivity index (χ0n) is 11.0. The maximum absolute atomic E-state index is 12.1. The number of H-pyrrole nitrogens is 1. The van der Waals surface area contributed by atoms with E-state index in [-0.39, 0.29) is 5.91 Å². The third-order valence-electron chi connectivity index (χ3n) is 3.06. The van der Waals surface area contributed by atoms with Crippen LogP contribution in [0.4, 0.5) is 0 Å². The quantitative estimate of drug-likeness (QED) is 0.563. The minimum Gasteiger partial charge on any atom is -0.360 e. The Bertz CT molecular complexity index is 823. The van der Waals surface area contributed by atoms with Crippen molar-refractivity contribution in [2.45, 2.75) is 0 Å². The molecule has 0 unspecified atom stereocenters. The minimum absolute atomic E-state index is 0.259. The maximum atomic E-state index is 12.1. The van der Waals surface area contributed by atoms with E-state index < -0.39 is 0 Å². The molecule has 0 aliphatic rings. The van der Waals surface area contributed by atoms with E-state index in [9.17, 15) is 4.79 Å². The van der Waals surface area contributed by atoms with Gasteiger partial charge in [0, 0.05) is 22.1 Å². The number of nitrogens with one attached hydrogen (secondary N) is 2. The Morgan fingerprint density at radius 2 is 2.05 bits per heavy atom. The average Bonchev–Trinajstić information content (AvgIpc) is 2.91. The van der Waals surface area contributed by atoms with Crippen molar-refractivity contribution in [1.82, 2.24) is 10.4 Å². The van der Waals surface area contributed by atoms with Crippen LogP contribution in [0.15, 0.2) is 59.8 Å². The molecule has 0 spiro atoms. The molecule has 0 fully saturated rings. The lowest BCUT2D eigenvalue weighted by molar-refractivity contribution is 0.0957. The SMILES string of the molecule is O=C(NN=Cc1cccc(Cl)c1)c1c[nH]c2ccccc12. The summed E-state index contributed by atoms with van der Waals surface area (Å²) < 4.78 is 0. The normalized spacial score (nSPS) is 11.1. The first-order valence-electron chi connectivity index (χ1n) is 6.39. The molecule has 1 amide bonds. The van der Waals surface area contributed by atoms with Crippen LogP contribution < -0.4 is 5.43 Å². The summed E-state index contributed by atoms with van der Waals surface area (Å²) in [6, 6.07) is 14.8. The number of hydrogen-bond acceptors (Lipinski definition) is 2. The fraction of sp³-hybridized carbons (Fsp3) is 0. The summed E-state index contributed by atoms with van der Waals surface area (Å²) in [5.74, 6) is -0.259. The van der Waals surface area contributed by atoms with E-state index in [0.717, 1.165) is 16.5 Å². The molecular weight excluding hydrogens is 286 g/mol. The molecule has 1 heterocycles. The number of benzene rings is 2. The molecule has 0 radical (unpaired) electrons. The molecule has 0 atom stereocenters. The number of amides is 1. The number of hydrogen-bond donors (Lipinski definition) is 2. The fourth-order valence-corrected chi connectivity index (χ4v) is 2.27. The predicted octanol–water partition coefficient (Wildman–Crippen LogP) is 3.59. The third kappa shape index (κ3) is 2.95. The summed E-state index contributed by atoms with van der Waals surface area (Å²) >= 11 is 5.88. The van der Waals surface area contributed by atoms with E-state index >= 15 is 0 Å². The van der Waals surface area contributed by atoms with Gasteiger partial charge in [0.2, 0.25) is 0 Å². The standard InChI is InChI=1S/C16H12ClN3O/c17-12-5-3-4-11(8-12)9-19-20-16(21)14-10-18-15-7-2-1-6-13(14)15/h1-10,18H,(H,20,21). The first-order valence-corrected chi connectivity index (χ1v) is 6.77. The van der Waals surface area contributed by atoms with Gasteiger partial charge < -0.3 is 4.98 Å². The second kappa shape index (κ2) is 5.81. The van der Waals surface area contributed by atoms with E-state index in [1.54, 1.807) is 24.5 Å². The van der Waals surface area contributed by atoms with E-state index in [4.69, 9.17) is 11.6 Å². The molecule has 21 heavy (non-hydrogen) atoms. The monoisotopic (exact) mass is 297 g/mol. The number of carbonyl (C=O) groups excluding carboxylic acids is 1. The topological polar surface area (TPSA) is 57.2 Å². The number of rotatable bonds is 3. The molecule has 1 aromatic heterocycles. The second-order valence-electron chi connectivity index (χ2n) is 4.50. The number of hydrazone groups is 1. The van der Waals surface area contributed by atoms with Gasteiger partial charge >= 0.3 is 0 Å². The Balaban J connectivity index is 1.75. The lowest BCUT2D eigenvalue weighted by Crippen LogP contribution is -2.17. The summed E-state index contributed by atoms with van der Waals surface area (Å²) in [5.41, 5.74) is 4.82. The van der Waals surface area contributed by atoms with Gasteiger partial charge in [0.1, 0.15) is 0 Å². The Morgan fingerprint density at radius 1 is 1.19 bits per heavy atom. The molecule has 0 saturated carbocycles. The van der Waals surface area contributed by atoms with Crippen molar-refractivity contribution in [3.05, 3.63) is 70.9 Å². The summed E-state index contributed by atoms with van der Waals surface area (Å²) in [4.78, 5) is 15.2. The van der Waals surface area contributed by atoms with E-state index in [1.165, 1.54) is 0 Å². The highest BCUT2D eigenvalue weighted by Crippen LogP contribution is 2.17. The van der Waals surface area contributed by atoms with Gasteiger partial charge in [0.25, 0.3) is 5.91 Å². The minimum atomic E-state index is -0.259. The third-order valence-corrected chi connectivity index (χ3v) is 3.30. The van der Waals surface area contributed by atoms with Crippen LogP contribution in [-0.2, 0) is 0 Å². The smallest absolute Gasteiger partial charge is 0.273 e. The number of halogens is 1. The summed E-state index contributed by atoms with van der Waals surface area (Å²) in [5, 5.41) is 5.44. The first kappa shape index (κ1) is 13.4. The average molecular weight is 298 g/mol. The van der Waals surface area contributed by atoms with Crippen molar-refractivity contribution in [2.75, 3.05) is 0 Å². The summed E-state index contributed by atoms with van der Waals surface area (Å²) in [6.45, 7) is 0. The van der Waals surface area contributed by atoms with Gasteiger partial charge in [-0.05, 0) is 23.8 Å². The lowest BCUT2D eigenvalue weighted by atomic mass is 10.2. The number of aromatic nitrogens is 1. The van der Waals surface area contributed by atoms with Crippen LogP contribution in [0, 0.1) is 0 Å². The van der Waals surface area contributed by atoms with Gasteiger partial charge in [-0.1, -0.05) is 41.9 Å². The summed E-state index contributed by atoms with van der Waals surface area (Å²) in [7, 11) is 0. The van der Waals surface area contributed by atoms with Crippen molar-refractivity contribution in [1.29, 1.82) is 0 Å². The molecule has 2 aromatic carbocycles. The van der Waals surface area contributed by atoms with E-state index in [0.29, 0.717) is 10.6 Å². The molecule has 0 saturated heterocycles. The van der Waals surface area contributed by atoms with E-state index in [2.05, 4.69) is 15.5 Å². The zero-order valence-corrected chi connectivity index (χ0v) is 11.8. The van der Waals surface area contributed by atoms with Crippen LogP contribution in [-0.4, -0.2) is 17.1 Å². The summed E-state index contributed by atoms with van der Waals surface area (Å²) in [6.07, 6.45) is 3.23. The molecular formula is C16H12ClN3O. The first-order chi connectivity index (χ1) is 10.2. The number of para-hydroxylation sites is 1. The Kier molecular flexibility index (Phi) is 3.71. The number of fused-ring (bicyclic) bond motifs is 1. The van der Waals surface area contributed by atoms with Crippen LogP contribution >= 0.6 is 11.6 Å². The fourth-order valence-electron chi connectivity index (χ4n) is 2.07. The van der Waals surface area contributed by atoms with Gasteiger partial charge in [-0.3, -0.25) is 4.79 Å². The van der Waals surface area contributed by atoms with Gasteiger partial charge in [-0.25, -0.2) is 5.43 Å². The second-order valence-corrected chi connectivity index (χ2v) is 4.94. The lowest BCUT2D eigenvalue weighted by Gasteiger charge is -1.98. The molecule has 0 aliphatic carbocycles. The van der Waals surface area contributed by atoms with Gasteiger partial charge in [-0.2, -0.15) is 5.10 Å². The van der Waals surface area contributed by atoms with Crippen molar-refractivity contribution in [2.24, 2.45) is 5.10 Å². The Hall–Kier alpha value is -2.59. The number of nitrogens with zero attached hydrogens (tertiary/aromatic N) is 1. The maximum Gasteiger partial charge on any atom is 0.273 e. The van der Waals surface area contributed by atoms with Crippen LogP contribution in [0.3, 0.4) is 0 Å². The van der Waals surface area contributed by atoms with Gasteiger partial charge in [-0.15, -0.1) is 0 Å². The molecule has 3 aromatic rings. The van der Waals surface area contributed by atoms with Crippen molar-refractivity contribution in [3.8, 4) is 0 Å². The van der Waals surface area contributed by atoms with Gasteiger partial charge in [0.15, 0.2) is 0 Å². The van der Waals surface area contributed by atoms with Crippen molar-refractivity contribution < 1.29 is 4.79 Å². The van der Waals surface area contributed by atoms with Gasteiger partial charge in [0.05, 0.1) is 11.8 Å². The Labute approximate surface area is 126 Å². The molecule has 0 bridgehead atoms. The molecule has 5 heteroatoms. The number of carbonyl (C=O) groups is 1. The Morgan fingerprint density at radius 3 is 2.90 bits per heavy atom. The predicted molar refractivity (Wildman–Crippen MR) is 84.8 cm³/mol. The van der Waals surface area contributed by atoms with Crippen molar-refractivity contribution >= 4 is 34.6 Å². The zero-order chi connectivity index (χ0) is 14.7. The van der Waals surface area contributed by atoms with E-state index in [1.807, 2.05) is 36.4 Å². The van der Waals surface area contributed by atoms with Crippen molar-refractivity contribution in [3.63, 3.8) is 0 Å². The highest BCUT2D eigenvalue weighted by molar-refractivity contribution is 6.30. The molecule has 104 valence electrons. The number of aromatic amines is 1.